The molecule has 0 amide bonds. The quantitative estimate of drug-likeness (QED) is 0.607. The molecular formula is C8H17NO2. The summed E-state index contributed by atoms with van der Waals surface area (Å²) in [5.41, 5.74) is 5.34. The van der Waals surface area contributed by atoms with Crippen LogP contribution >= 0.6 is 0 Å². The second-order valence-electron chi connectivity index (χ2n) is 2.77. The minimum Gasteiger partial charge on any atom is -0.466 e. The SMILES string of the molecule is CCCOC(=O)CC(C)CN. The van der Waals surface area contributed by atoms with Crippen LogP contribution in [0.2, 0.25) is 0 Å². The molecule has 66 valence electrons. The first-order chi connectivity index (χ1) is 5.20. The number of nitrogens with two attached hydrogens (primary N) is 1. The van der Waals surface area contributed by atoms with Gasteiger partial charge in [0.2, 0.25) is 0 Å². The largest absolute Gasteiger partial charge is 0.466 e. The Labute approximate surface area is 67.9 Å². The molecule has 0 aromatic heterocycles. The van der Waals surface area contributed by atoms with E-state index in [0.29, 0.717) is 19.6 Å². The summed E-state index contributed by atoms with van der Waals surface area (Å²) in [5.74, 6) is 0.101. The van der Waals surface area contributed by atoms with Crippen molar-refractivity contribution in [1.82, 2.24) is 0 Å². The molecule has 0 rings (SSSR count). The van der Waals surface area contributed by atoms with Crippen molar-refractivity contribution in [1.29, 1.82) is 0 Å². The van der Waals surface area contributed by atoms with Crippen LogP contribution < -0.4 is 5.73 Å². The molecule has 0 aliphatic heterocycles. The van der Waals surface area contributed by atoms with Gasteiger partial charge in [-0.15, -0.1) is 0 Å². The topological polar surface area (TPSA) is 52.3 Å². The van der Waals surface area contributed by atoms with Crippen LogP contribution in [0, 0.1) is 5.92 Å². The Hall–Kier alpha value is -0.570. The molecule has 11 heavy (non-hydrogen) atoms. The lowest BCUT2D eigenvalue weighted by Crippen LogP contribution is -2.16. The average molecular weight is 159 g/mol. The van der Waals surface area contributed by atoms with Gasteiger partial charge in [0, 0.05) is 6.42 Å². The monoisotopic (exact) mass is 159 g/mol. The summed E-state index contributed by atoms with van der Waals surface area (Å²) in [6, 6.07) is 0. The van der Waals surface area contributed by atoms with Crippen molar-refractivity contribution in [3.8, 4) is 0 Å². The van der Waals surface area contributed by atoms with E-state index in [4.69, 9.17) is 10.5 Å². The molecule has 0 spiro atoms. The van der Waals surface area contributed by atoms with Gasteiger partial charge in [0.15, 0.2) is 0 Å². The molecule has 0 bridgehead atoms. The summed E-state index contributed by atoms with van der Waals surface area (Å²) in [7, 11) is 0. The lowest BCUT2D eigenvalue weighted by atomic mass is 10.1. The van der Waals surface area contributed by atoms with E-state index in [9.17, 15) is 4.79 Å². The molecule has 0 fully saturated rings. The Morgan fingerprint density at radius 2 is 2.27 bits per heavy atom. The highest BCUT2D eigenvalue weighted by molar-refractivity contribution is 5.69. The summed E-state index contributed by atoms with van der Waals surface area (Å²) in [4.78, 5) is 10.9. The van der Waals surface area contributed by atoms with Gasteiger partial charge >= 0.3 is 5.97 Å². The predicted molar refractivity (Wildman–Crippen MR) is 44.1 cm³/mol. The highest BCUT2D eigenvalue weighted by Crippen LogP contribution is 2.00. The fourth-order valence-corrected chi connectivity index (χ4v) is 0.643. The maximum atomic E-state index is 10.9. The van der Waals surface area contributed by atoms with Gasteiger partial charge in [0.25, 0.3) is 0 Å². The van der Waals surface area contributed by atoms with Crippen LogP contribution in [0.15, 0.2) is 0 Å². The zero-order valence-electron chi connectivity index (χ0n) is 7.30. The Morgan fingerprint density at radius 3 is 2.73 bits per heavy atom. The van der Waals surface area contributed by atoms with Crippen molar-refractivity contribution in [3.63, 3.8) is 0 Å². The molecular weight excluding hydrogens is 142 g/mol. The van der Waals surface area contributed by atoms with E-state index in [1.807, 2.05) is 13.8 Å². The van der Waals surface area contributed by atoms with Crippen LogP contribution in [0.25, 0.3) is 0 Å². The minimum absolute atomic E-state index is 0.134. The summed E-state index contributed by atoms with van der Waals surface area (Å²) in [6.45, 7) is 4.98. The number of carbonyl (C=O) groups excluding carboxylic acids is 1. The van der Waals surface area contributed by atoms with E-state index < -0.39 is 0 Å². The van der Waals surface area contributed by atoms with Crippen molar-refractivity contribution in [2.45, 2.75) is 26.7 Å². The first kappa shape index (κ1) is 10.4. The third kappa shape index (κ3) is 5.85. The summed E-state index contributed by atoms with van der Waals surface area (Å²) in [6.07, 6.45) is 1.32. The van der Waals surface area contributed by atoms with Gasteiger partial charge in [0.1, 0.15) is 0 Å². The summed E-state index contributed by atoms with van der Waals surface area (Å²) >= 11 is 0. The molecule has 1 atom stereocenters. The molecule has 2 N–H and O–H groups in total. The van der Waals surface area contributed by atoms with E-state index in [-0.39, 0.29) is 11.9 Å². The van der Waals surface area contributed by atoms with E-state index in [2.05, 4.69) is 0 Å². The highest BCUT2D eigenvalue weighted by Gasteiger charge is 2.07. The number of rotatable bonds is 5. The Bertz CT molecular complexity index is 115. The van der Waals surface area contributed by atoms with Crippen molar-refractivity contribution < 1.29 is 9.53 Å². The van der Waals surface area contributed by atoms with Crippen molar-refractivity contribution in [2.75, 3.05) is 13.2 Å². The average Bonchev–Trinajstić information content (AvgIpc) is 2.00. The minimum atomic E-state index is -0.134. The van der Waals surface area contributed by atoms with E-state index in [0.717, 1.165) is 6.42 Å². The number of hydrogen-bond acceptors (Lipinski definition) is 3. The van der Waals surface area contributed by atoms with Crippen molar-refractivity contribution in [2.24, 2.45) is 11.7 Å². The third-order valence-electron chi connectivity index (χ3n) is 1.38. The molecule has 3 heteroatoms. The van der Waals surface area contributed by atoms with E-state index in [1.165, 1.54) is 0 Å². The number of ether oxygens (including phenoxy) is 1. The number of carbonyl (C=O) groups is 1. The maximum Gasteiger partial charge on any atom is 0.306 e. The molecule has 0 saturated carbocycles. The lowest BCUT2D eigenvalue weighted by molar-refractivity contribution is -0.144. The molecule has 0 aliphatic rings. The molecule has 0 heterocycles. The van der Waals surface area contributed by atoms with Gasteiger partial charge in [0.05, 0.1) is 6.61 Å². The predicted octanol–water partition coefficient (Wildman–Crippen LogP) is 0.924. The van der Waals surface area contributed by atoms with E-state index >= 15 is 0 Å². The molecule has 3 nitrogen and oxygen atoms in total. The normalized spacial score (nSPS) is 12.6. The van der Waals surface area contributed by atoms with Crippen molar-refractivity contribution in [3.05, 3.63) is 0 Å². The van der Waals surface area contributed by atoms with Crippen molar-refractivity contribution >= 4 is 5.97 Å². The third-order valence-corrected chi connectivity index (χ3v) is 1.38. The Kier molecular flexibility index (Phi) is 5.84. The molecule has 0 aromatic rings. The summed E-state index contributed by atoms with van der Waals surface area (Å²) in [5, 5.41) is 0. The zero-order chi connectivity index (χ0) is 8.69. The van der Waals surface area contributed by atoms with Crippen LogP contribution in [0.1, 0.15) is 26.7 Å². The Morgan fingerprint density at radius 1 is 1.64 bits per heavy atom. The standard InChI is InChI=1S/C8H17NO2/c1-3-4-11-8(10)5-7(2)6-9/h7H,3-6,9H2,1-2H3. The lowest BCUT2D eigenvalue weighted by Gasteiger charge is -2.07. The van der Waals surface area contributed by atoms with Gasteiger partial charge in [-0.25, -0.2) is 0 Å². The first-order valence-electron chi connectivity index (χ1n) is 4.06. The second-order valence-corrected chi connectivity index (χ2v) is 2.77. The van der Waals surface area contributed by atoms with Crippen LogP contribution in [-0.2, 0) is 9.53 Å². The smallest absolute Gasteiger partial charge is 0.306 e. The van der Waals surface area contributed by atoms with Crippen LogP contribution in [0.4, 0.5) is 0 Å². The van der Waals surface area contributed by atoms with Crippen LogP contribution in [0.5, 0.6) is 0 Å². The second kappa shape index (κ2) is 6.16. The molecule has 0 aromatic carbocycles. The molecule has 0 radical (unpaired) electrons. The van der Waals surface area contributed by atoms with E-state index in [1.54, 1.807) is 0 Å². The highest BCUT2D eigenvalue weighted by atomic mass is 16.5. The van der Waals surface area contributed by atoms with Gasteiger partial charge in [-0.2, -0.15) is 0 Å². The van der Waals surface area contributed by atoms with Gasteiger partial charge in [-0.1, -0.05) is 13.8 Å². The maximum absolute atomic E-state index is 10.9. The molecule has 1 unspecified atom stereocenters. The fourth-order valence-electron chi connectivity index (χ4n) is 0.643. The number of esters is 1. The van der Waals surface area contributed by atoms with Crippen LogP contribution in [-0.4, -0.2) is 19.1 Å². The summed E-state index contributed by atoms with van der Waals surface area (Å²) < 4.78 is 4.87. The molecule has 0 saturated heterocycles. The first-order valence-corrected chi connectivity index (χ1v) is 4.06. The van der Waals surface area contributed by atoms with Gasteiger partial charge in [-0.05, 0) is 18.9 Å². The van der Waals surface area contributed by atoms with Gasteiger partial charge in [-0.3, -0.25) is 4.79 Å². The number of hydrogen-bond donors (Lipinski definition) is 1. The van der Waals surface area contributed by atoms with Gasteiger partial charge < -0.3 is 10.5 Å². The fraction of sp³-hybridized carbons (Fsp3) is 0.875. The van der Waals surface area contributed by atoms with Crippen LogP contribution in [0.3, 0.4) is 0 Å². The molecule has 0 aliphatic carbocycles. The Balaban J connectivity index is 3.36. The zero-order valence-corrected chi connectivity index (χ0v) is 7.30.